The number of thioether (sulfide) groups is 2. The standard InChI is InChI=1S/C26H26O2S4/c1-17(15-31-25(27)21-7-3-5-9-23(21)29)19-11-13-20(14-12-19)18(2)16-32-26(28)22-8-4-6-10-24(22)30/h3-14,17-18,29-30H,15-16H2,1-2H3. The molecule has 32 heavy (non-hydrogen) atoms. The summed E-state index contributed by atoms with van der Waals surface area (Å²) >= 11 is 11.4. The third kappa shape index (κ3) is 6.70. The van der Waals surface area contributed by atoms with E-state index in [4.69, 9.17) is 0 Å². The van der Waals surface area contributed by atoms with E-state index < -0.39 is 0 Å². The van der Waals surface area contributed by atoms with Crippen LogP contribution in [0.1, 0.15) is 57.5 Å². The predicted molar refractivity (Wildman–Crippen MR) is 144 cm³/mol. The molecule has 0 radical (unpaired) electrons. The number of carbonyl (C=O) groups excluding carboxylic acids is 2. The second kappa shape index (κ2) is 12.0. The topological polar surface area (TPSA) is 34.1 Å². The predicted octanol–water partition coefficient (Wildman–Crippen LogP) is 7.62. The van der Waals surface area contributed by atoms with Crippen LogP contribution in [0.4, 0.5) is 0 Å². The summed E-state index contributed by atoms with van der Waals surface area (Å²) in [5.74, 6) is 1.93. The van der Waals surface area contributed by atoms with E-state index in [1.54, 1.807) is 0 Å². The second-order valence-corrected chi connectivity index (χ2v) is 10.6. The highest BCUT2D eigenvalue weighted by molar-refractivity contribution is 8.14. The van der Waals surface area contributed by atoms with E-state index in [-0.39, 0.29) is 22.1 Å². The normalized spacial score (nSPS) is 12.9. The zero-order valence-corrected chi connectivity index (χ0v) is 21.4. The molecule has 0 saturated heterocycles. The molecule has 0 heterocycles. The van der Waals surface area contributed by atoms with E-state index in [0.717, 1.165) is 0 Å². The molecule has 0 saturated carbocycles. The number of thiol groups is 2. The van der Waals surface area contributed by atoms with Crippen LogP contribution in [0.2, 0.25) is 0 Å². The molecule has 6 heteroatoms. The van der Waals surface area contributed by atoms with Gasteiger partial charge in [-0.15, -0.1) is 25.3 Å². The van der Waals surface area contributed by atoms with Crippen LogP contribution in [0.3, 0.4) is 0 Å². The first-order valence-corrected chi connectivity index (χ1v) is 13.2. The highest BCUT2D eigenvalue weighted by Gasteiger charge is 2.15. The minimum absolute atomic E-state index is 0.0529. The van der Waals surface area contributed by atoms with Crippen molar-refractivity contribution in [2.24, 2.45) is 0 Å². The van der Waals surface area contributed by atoms with Crippen molar-refractivity contribution in [1.29, 1.82) is 0 Å². The van der Waals surface area contributed by atoms with Crippen LogP contribution in [0.15, 0.2) is 82.6 Å². The summed E-state index contributed by atoms with van der Waals surface area (Å²) < 4.78 is 0. The quantitative estimate of drug-likeness (QED) is 0.313. The van der Waals surface area contributed by atoms with E-state index in [9.17, 15) is 9.59 Å². The van der Waals surface area contributed by atoms with Crippen LogP contribution in [0, 0.1) is 0 Å². The molecule has 0 aliphatic rings. The lowest BCUT2D eigenvalue weighted by Crippen LogP contribution is -2.04. The Bertz CT molecular complexity index is 993. The van der Waals surface area contributed by atoms with Gasteiger partial charge < -0.3 is 0 Å². The first-order chi connectivity index (χ1) is 15.4. The SMILES string of the molecule is CC(CSC(=O)c1ccccc1S)c1ccc(C(C)CSC(=O)c2ccccc2S)cc1. The first kappa shape index (κ1) is 25.0. The summed E-state index contributed by atoms with van der Waals surface area (Å²) in [6.45, 7) is 4.27. The molecule has 0 spiro atoms. The van der Waals surface area contributed by atoms with Gasteiger partial charge in [-0.3, -0.25) is 9.59 Å². The molecule has 0 amide bonds. The lowest BCUT2D eigenvalue weighted by molar-refractivity contribution is 0.107. The van der Waals surface area contributed by atoms with Crippen LogP contribution in [-0.2, 0) is 0 Å². The van der Waals surface area contributed by atoms with Crippen molar-refractivity contribution in [3.63, 3.8) is 0 Å². The van der Waals surface area contributed by atoms with Crippen LogP contribution >= 0.6 is 48.8 Å². The molecule has 0 aromatic heterocycles. The Morgan fingerprint density at radius 2 is 1.00 bits per heavy atom. The molecule has 0 fully saturated rings. The minimum atomic E-state index is 0.0529. The van der Waals surface area contributed by atoms with E-state index in [0.29, 0.717) is 32.4 Å². The Balaban J connectivity index is 1.52. The Hall–Kier alpha value is -1.60. The Labute approximate surface area is 209 Å². The molecule has 2 atom stereocenters. The molecule has 3 rings (SSSR count). The maximum Gasteiger partial charge on any atom is 0.220 e. The van der Waals surface area contributed by atoms with Gasteiger partial charge in [0.1, 0.15) is 0 Å². The Kier molecular flexibility index (Phi) is 9.41. The molecule has 3 aromatic carbocycles. The van der Waals surface area contributed by atoms with Crippen molar-refractivity contribution >= 4 is 59.0 Å². The number of hydrogen-bond donors (Lipinski definition) is 2. The zero-order valence-electron chi connectivity index (χ0n) is 18.0. The van der Waals surface area contributed by atoms with Crippen molar-refractivity contribution in [3.05, 3.63) is 95.1 Å². The van der Waals surface area contributed by atoms with E-state index in [1.165, 1.54) is 34.7 Å². The maximum atomic E-state index is 12.5. The highest BCUT2D eigenvalue weighted by Crippen LogP contribution is 2.28. The molecule has 0 aliphatic heterocycles. The molecular formula is C26H26O2S4. The molecular weight excluding hydrogens is 473 g/mol. The van der Waals surface area contributed by atoms with Crippen molar-refractivity contribution in [1.82, 2.24) is 0 Å². The van der Waals surface area contributed by atoms with Gasteiger partial charge in [0.25, 0.3) is 0 Å². The van der Waals surface area contributed by atoms with Crippen LogP contribution in [0.5, 0.6) is 0 Å². The van der Waals surface area contributed by atoms with Gasteiger partial charge in [-0.25, -0.2) is 0 Å². The lowest BCUT2D eigenvalue weighted by atomic mass is 9.97. The fourth-order valence-electron chi connectivity index (χ4n) is 3.19. The third-order valence-electron chi connectivity index (χ3n) is 5.25. The summed E-state index contributed by atoms with van der Waals surface area (Å²) in [4.78, 5) is 26.4. The van der Waals surface area contributed by atoms with Gasteiger partial charge in [-0.05, 0) is 47.2 Å². The number of benzene rings is 3. The van der Waals surface area contributed by atoms with Crippen molar-refractivity contribution in [2.75, 3.05) is 11.5 Å². The summed E-state index contributed by atoms with van der Waals surface area (Å²) in [6.07, 6.45) is 0. The summed E-state index contributed by atoms with van der Waals surface area (Å²) in [5.41, 5.74) is 3.72. The monoisotopic (exact) mass is 498 g/mol. The number of carbonyl (C=O) groups is 2. The van der Waals surface area contributed by atoms with Gasteiger partial charge in [0, 0.05) is 32.4 Å². The van der Waals surface area contributed by atoms with Crippen LogP contribution in [-0.4, -0.2) is 21.7 Å². The molecule has 3 aromatic rings. The van der Waals surface area contributed by atoms with Gasteiger partial charge in [-0.1, -0.05) is 85.9 Å². The molecule has 166 valence electrons. The second-order valence-electron chi connectivity index (χ2n) is 7.70. The van der Waals surface area contributed by atoms with E-state index >= 15 is 0 Å². The Morgan fingerprint density at radius 3 is 1.34 bits per heavy atom. The van der Waals surface area contributed by atoms with Crippen LogP contribution in [0.25, 0.3) is 0 Å². The average molecular weight is 499 g/mol. The number of rotatable bonds is 8. The smallest absolute Gasteiger partial charge is 0.220 e. The molecule has 0 aliphatic carbocycles. The minimum Gasteiger partial charge on any atom is -0.282 e. The largest absolute Gasteiger partial charge is 0.282 e. The molecule has 2 nitrogen and oxygen atoms in total. The van der Waals surface area contributed by atoms with Crippen molar-refractivity contribution < 1.29 is 9.59 Å². The van der Waals surface area contributed by atoms with Crippen molar-refractivity contribution in [3.8, 4) is 0 Å². The highest BCUT2D eigenvalue weighted by atomic mass is 32.2. The van der Waals surface area contributed by atoms with E-state index in [1.807, 2.05) is 48.5 Å². The summed E-state index contributed by atoms with van der Waals surface area (Å²) in [5, 5.41) is 0.106. The summed E-state index contributed by atoms with van der Waals surface area (Å²) in [7, 11) is 0. The fourth-order valence-corrected chi connectivity index (χ4v) is 5.73. The first-order valence-electron chi connectivity index (χ1n) is 10.4. The van der Waals surface area contributed by atoms with Gasteiger partial charge in [0.2, 0.25) is 10.2 Å². The van der Waals surface area contributed by atoms with Crippen LogP contribution < -0.4 is 0 Å². The zero-order chi connectivity index (χ0) is 23.1. The molecule has 2 unspecified atom stereocenters. The number of hydrogen-bond acceptors (Lipinski definition) is 6. The molecule has 0 bridgehead atoms. The van der Waals surface area contributed by atoms with Crippen molar-refractivity contribution in [2.45, 2.75) is 35.5 Å². The fraction of sp³-hybridized carbons (Fsp3) is 0.231. The van der Waals surface area contributed by atoms with Gasteiger partial charge >= 0.3 is 0 Å². The van der Waals surface area contributed by atoms with Gasteiger partial charge in [0.05, 0.1) is 0 Å². The van der Waals surface area contributed by atoms with Gasteiger partial charge in [0.15, 0.2) is 0 Å². The average Bonchev–Trinajstić information content (AvgIpc) is 2.81. The van der Waals surface area contributed by atoms with E-state index in [2.05, 4.69) is 63.4 Å². The maximum absolute atomic E-state index is 12.5. The summed E-state index contributed by atoms with van der Waals surface area (Å²) in [6, 6.07) is 23.3. The Morgan fingerprint density at radius 1 is 0.656 bits per heavy atom. The van der Waals surface area contributed by atoms with Gasteiger partial charge in [-0.2, -0.15) is 0 Å². The third-order valence-corrected chi connectivity index (χ3v) is 8.33. The lowest BCUT2D eigenvalue weighted by Gasteiger charge is -2.15. The molecule has 0 N–H and O–H groups in total.